The number of hydrogen-bond acceptors (Lipinski definition) is 4. The van der Waals surface area contributed by atoms with Crippen molar-refractivity contribution in [1.82, 2.24) is 9.55 Å². The first-order valence-electron chi connectivity index (χ1n) is 5.90. The van der Waals surface area contributed by atoms with Crippen LogP contribution < -0.4 is 11.1 Å². The lowest BCUT2D eigenvalue weighted by molar-refractivity contribution is -0.148. The van der Waals surface area contributed by atoms with Crippen LogP contribution in [0.3, 0.4) is 0 Å². The van der Waals surface area contributed by atoms with Gasteiger partial charge < -0.3 is 9.72 Å². The average molecular weight is 262 g/mol. The molecule has 1 aromatic carbocycles. The number of esters is 1. The van der Waals surface area contributed by atoms with Crippen LogP contribution >= 0.6 is 0 Å². The summed E-state index contributed by atoms with van der Waals surface area (Å²) < 4.78 is 6.11. The molecule has 2 aromatic rings. The summed E-state index contributed by atoms with van der Waals surface area (Å²) in [5.41, 5.74) is -0.521. The third-order valence-corrected chi connectivity index (χ3v) is 2.54. The van der Waals surface area contributed by atoms with Gasteiger partial charge in [0.25, 0.3) is 0 Å². The van der Waals surface area contributed by atoms with E-state index in [1.807, 2.05) is 0 Å². The SMILES string of the molecule is CC(C)OC(=O)Cn1c(=O)c(=O)[nH]c2ccccc21. The van der Waals surface area contributed by atoms with Crippen molar-refractivity contribution < 1.29 is 9.53 Å². The summed E-state index contributed by atoms with van der Waals surface area (Å²) in [5.74, 6) is -0.548. The Bertz CT molecular complexity index is 727. The quantitative estimate of drug-likeness (QED) is 0.650. The molecular formula is C13H14N2O4. The highest BCUT2D eigenvalue weighted by molar-refractivity contribution is 5.77. The molecule has 0 bridgehead atoms. The van der Waals surface area contributed by atoms with Crippen LogP contribution in [0.5, 0.6) is 0 Å². The van der Waals surface area contributed by atoms with Crippen molar-refractivity contribution in [3.05, 3.63) is 45.0 Å². The second-order valence-electron chi connectivity index (χ2n) is 4.40. The lowest BCUT2D eigenvalue weighted by atomic mass is 10.3. The van der Waals surface area contributed by atoms with Gasteiger partial charge in [-0.25, -0.2) is 0 Å². The van der Waals surface area contributed by atoms with E-state index in [1.165, 1.54) is 0 Å². The van der Waals surface area contributed by atoms with Gasteiger partial charge >= 0.3 is 17.1 Å². The summed E-state index contributed by atoms with van der Waals surface area (Å²) in [6.07, 6.45) is -0.267. The molecule has 0 unspecified atom stereocenters. The highest BCUT2D eigenvalue weighted by Gasteiger charge is 2.12. The van der Waals surface area contributed by atoms with Crippen LogP contribution in [-0.4, -0.2) is 21.6 Å². The van der Waals surface area contributed by atoms with E-state index >= 15 is 0 Å². The Balaban J connectivity index is 2.53. The number of nitrogens with one attached hydrogen (secondary N) is 1. The lowest BCUT2D eigenvalue weighted by Crippen LogP contribution is -2.38. The molecule has 0 fully saturated rings. The van der Waals surface area contributed by atoms with Gasteiger partial charge in [0.2, 0.25) is 0 Å². The van der Waals surface area contributed by atoms with Crippen molar-refractivity contribution in [3.63, 3.8) is 0 Å². The molecule has 0 aliphatic carbocycles. The van der Waals surface area contributed by atoms with E-state index in [0.29, 0.717) is 11.0 Å². The molecule has 6 nitrogen and oxygen atoms in total. The zero-order chi connectivity index (χ0) is 14.0. The van der Waals surface area contributed by atoms with E-state index in [-0.39, 0.29) is 12.6 Å². The fourth-order valence-corrected chi connectivity index (χ4v) is 1.81. The Morgan fingerprint density at radius 3 is 2.68 bits per heavy atom. The van der Waals surface area contributed by atoms with Crippen molar-refractivity contribution in [3.8, 4) is 0 Å². The maximum atomic E-state index is 11.8. The molecular weight excluding hydrogens is 248 g/mol. The van der Waals surface area contributed by atoms with Crippen molar-refractivity contribution in [1.29, 1.82) is 0 Å². The normalized spacial score (nSPS) is 10.9. The number of ether oxygens (including phenoxy) is 1. The Kier molecular flexibility index (Phi) is 3.50. The summed E-state index contributed by atoms with van der Waals surface area (Å²) in [6.45, 7) is 3.16. The molecule has 0 saturated heterocycles. The highest BCUT2D eigenvalue weighted by atomic mass is 16.5. The van der Waals surface area contributed by atoms with Gasteiger partial charge in [-0.05, 0) is 26.0 Å². The van der Waals surface area contributed by atoms with Gasteiger partial charge in [0, 0.05) is 0 Å². The van der Waals surface area contributed by atoms with E-state index in [2.05, 4.69) is 4.98 Å². The predicted octanol–water partition coefficient (Wildman–Crippen LogP) is 0.641. The molecule has 0 saturated carbocycles. The second kappa shape index (κ2) is 5.09. The molecule has 0 radical (unpaired) electrons. The molecule has 1 N–H and O–H groups in total. The van der Waals surface area contributed by atoms with Gasteiger partial charge in [-0.2, -0.15) is 0 Å². The van der Waals surface area contributed by atoms with Crippen LogP contribution in [0.4, 0.5) is 0 Å². The number of H-pyrrole nitrogens is 1. The zero-order valence-corrected chi connectivity index (χ0v) is 10.7. The molecule has 100 valence electrons. The van der Waals surface area contributed by atoms with Gasteiger partial charge in [0.05, 0.1) is 17.1 Å². The largest absolute Gasteiger partial charge is 0.462 e. The van der Waals surface area contributed by atoms with Crippen molar-refractivity contribution in [2.45, 2.75) is 26.5 Å². The van der Waals surface area contributed by atoms with Crippen molar-refractivity contribution in [2.75, 3.05) is 0 Å². The number of aromatic nitrogens is 2. The molecule has 0 aliphatic rings. The monoisotopic (exact) mass is 262 g/mol. The van der Waals surface area contributed by atoms with Gasteiger partial charge in [-0.3, -0.25) is 19.0 Å². The molecule has 2 rings (SSSR count). The molecule has 0 aliphatic heterocycles. The first-order chi connectivity index (χ1) is 8.99. The first-order valence-corrected chi connectivity index (χ1v) is 5.90. The molecule has 1 heterocycles. The number of carbonyl (C=O) groups excluding carboxylic acids is 1. The van der Waals surface area contributed by atoms with Crippen LogP contribution in [0.2, 0.25) is 0 Å². The lowest BCUT2D eigenvalue weighted by Gasteiger charge is -2.11. The van der Waals surface area contributed by atoms with Crippen LogP contribution in [-0.2, 0) is 16.1 Å². The van der Waals surface area contributed by atoms with Gasteiger partial charge in [-0.15, -0.1) is 0 Å². The molecule has 6 heteroatoms. The number of para-hydroxylation sites is 2. The fourth-order valence-electron chi connectivity index (χ4n) is 1.81. The fraction of sp³-hybridized carbons (Fsp3) is 0.308. The number of nitrogens with zero attached hydrogens (tertiary/aromatic N) is 1. The number of carbonyl (C=O) groups is 1. The number of benzene rings is 1. The summed E-state index contributed by atoms with van der Waals surface area (Å²) >= 11 is 0. The maximum Gasteiger partial charge on any atom is 0.326 e. The Labute approximate surface area is 108 Å². The minimum absolute atomic E-state index is 0.267. The minimum atomic E-state index is -0.764. The second-order valence-corrected chi connectivity index (χ2v) is 4.40. The Morgan fingerprint density at radius 1 is 1.32 bits per heavy atom. The van der Waals surface area contributed by atoms with Crippen LogP contribution in [0.25, 0.3) is 11.0 Å². The molecule has 0 amide bonds. The number of aromatic amines is 1. The highest BCUT2D eigenvalue weighted by Crippen LogP contribution is 2.07. The van der Waals surface area contributed by atoms with Gasteiger partial charge in [0.15, 0.2) is 0 Å². The number of hydrogen-bond donors (Lipinski definition) is 1. The standard InChI is InChI=1S/C13H14N2O4/c1-8(2)19-11(16)7-15-10-6-4-3-5-9(10)14-12(17)13(15)18/h3-6,8H,7H2,1-2H3,(H,14,17). The first kappa shape index (κ1) is 13.1. The van der Waals surface area contributed by atoms with Crippen LogP contribution in [0, 0.1) is 0 Å². The minimum Gasteiger partial charge on any atom is -0.462 e. The van der Waals surface area contributed by atoms with Crippen LogP contribution in [0.1, 0.15) is 13.8 Å². The van der Waals surface area contributed by atoms with E-state index in [1.54, 1.807) is 38.1 Å². The summed E-state index contributed by atoms with van der Waals surface area (Å²) in [4.78, 5) is 37.4. The van der Waals surface area contributed by atoms with E-state index < -0.39 is 17.1 Å². The van der Waals surface area contributed by atoms with Gasteiger partial charge in [-0.1, -0.05) is 12.1 Å². The van der Waals surface area contributed by atoms with Gasteiger partial charge in [0.1, 0.15) is 6.54 Å². The third kappa shape index (κ3) is 2.73. The predicted molar refractivity (Wildman–Crippen MR) is 70.1 cm³/mol. The third-order valence-electron chi connectivity index (χ3n) is 2.54. The topological polar surface area (TPSA) is 81.2 Å². The molecule has 0 spiro atoms. The molecule has 1 aromatic heterocycles. The molecule has 19 heavy (non-hydrogen) atoms. The number of rotatable bonds is 3. The smallest absolute Gasteiger partial charge is 0.326 e. The Hall–Kier alpha value is -2.37. The summed E-state index contributed by atoms with van der Waals surface area (Å²) in [7, 11) is 0. The number of fused-ring (bicyclic) bond motifs is 1. The summed E-state index contributed by atoms with van der Waals surface area (Å²) in [6, 6.07) is 6.79. The van der Waals surface area contributed by atoms with Crippen molar-refractivity contribution in [2.24, 2.45) is 0 Å². The van der Waals surface area contributed by atoms with Crippen molar-refractivity contribution >= 4 is 17.0 Å². The summed E-state index contributed by atoms with van der Waals surface area (Å²) in [5, 5.41) is 0. The Morgan fingerprint density at radius 2 is 2.00 bits per heavy atom. The van der Waals surface area contributed by atoms with E-state index in [4.69, 9.17) is 4.74 Å². The van der Waals surface area contributed by atoms with Crippen LogP contribution in [0.15, 0.2) is 33.9 Å². The van der Waals surface area contributed by atoms with E-state index in [9.17, 15) is 14.4 Å². The maximum absolute atomic E-state index is 11.8. The van der Waals surface area contributed by atoms with E-state index in [0.717, 1.165) is 4.57 Å². The molecule has 0 atom stereocenters. The zero-order valence-electron chi connectivity index (χ0n) is 10.7. The average Bonchev–Trinajstić information content (AvgIpc) is 2.34.